The highest BCUT2D eigenvalue weighted by Gasteiger charge is 2.45. The maximum absolute atomic E-state index is 13.6. The molecule has 1 saturated heterocycles. The molecule has 3 unspecified atom stereocenters. The van der Waals surface area contributed by atoms with E-state index < -0.39 is 18.1 Å². The van der Waals surface area contributed by atoms with Gasteiger partial charge < -0.3 is 19.8 Å². The number of carbonyl (C=O) groups excluding carboxylic acids is 2. The predicted molar refractivity (Wildman–Crippen MR) is 140 cm³/mol. The van der Waals surface area contributed by atoms with Crippen LogP contribution < -0.4 is 5.32 Å². The van der Waals surface area contributed by atoms with Crippen LogP contribution in [-0.2, 0) is 16.1 Å². The zero-order chi connectivity index (χ0) is 24.5. The Balaban J connectivity index is 1.26. The third kappa shape index (κ3) is 5.14. The number of hydrogen-bond acceptors (Lipinski definition) is 7. The van der Waals surface area contributed by atoms with Crippen molar-refractivity contribution in [3.8, 4) is 10.4 Å². The van der Waals surface area contributed by atoms with Gasteiger partial charge in [0.2, 0.25) is 11.8 Å². The number of carbonyl (C=O) groups is 2. The van der Waals surface area contributed by atoms with E-state index >= 15 is 0 Å². The first kappa shape index (κ1) is 24.4. The number of nitrogens with zero attached hydrogens (tertiary/aromatic N) is 3. The summed E-state index contributed by atoms with van der Waals surface area (Å²) >= 11 is 3.67. The van der Waals surface area contributed by atoms with Crippen LogP contribution in [0.15, 0.2) is 40.4 Å². The van der Waals surface area contributed by atoms with Gasteiger partial charge in [0, 0.05) is 25.6 Å². The van der Waals surface area contributed by atoms with Gasteiger partial charge in [0.25, 0.3) is 0 Å². The highest BCUT2D eigenvalue weighted by atomic mass is 127. The molecule has 0 spiro atoms. The van der Waals surface area contributed by atoms with Crippen LogP contribution in [0, 0.1) is 16.5 Å². The molecule has 3 heterocycles. The molecule has 1 aliphatic carbocycles. The highest BCUT2D eigenvalue weighted by molar-refractivity contribution is 14.1. The number of aliphatic hydroxyl groups is 1. The summed E-state index contributed by atoms with van der Waals surface area (Å²) in [6, 6.07) is 9.11. The molecule has 2 aliphatic rings. The van der Waals surface area contributed by atoms with Crippen molar-refractivity contribution in [2.24, 2.45) is 5.92 Å². The zero-order valence-corrected chi connectivity index (χ0v) is 22.3. The van der Waals surface area contributed by atoms with Gasteiger partial charge in [-0.1, -0.05) is 35.8 Å². The van der Waals surface area contributed by atoms with Gasteiger partial charge in [-0.3, -0.25) is 9.59 Å². The average Bonchev–Trinajstić information content (AvgIpc) is 3.54. The fourth-order valence-electron chi connectivity index (χ4n) is 4.89. The number of thiazole rings is 1. The van der Waals surface area contributed by atoms with E-state index in [0.29, 0.717) is 16.0 Å². The van der Waals surface area contributed by atoms with E-state index in [0.717, 1.165) is 41.0 Å². The summed E-state index contributed by atoms with van der Waals surface area (Å²) in [4.78, 5) is 33.7. The molecule has 5 rings (SSSR count). The van der Waals surface area contributed by atoms with Gasteiger partial charge in [0.15, 0.2) is 5.76 Å². The maximum Gasteiger partial charge on any atom is 0.243 e. The third-order valence-electron chi connectivity index (χ3n) is 6.99. The van der Waals surface area contributed by atoms with Crippen molar-refractivity contribution < 1.29 is 19.2 Å². The second-order valence-corrected chi connectivity index (χ2v) is 11.3. The van der Waals surface area contributed by atoms with Crippen LogP contribution in [-0.4, -0.2) is 50.7 Å². The van der Waals surface area contributed by atoms with Crippen LogP contribution in [0.1, 0.15) is 48.6 Å². The van der Waals surface area contributed by atoms with Crippen molar-refractivity contribution in [2.75, 3.05) is 6.54 Å². The smallest absolute Gasteiger partial charge is 0.243 e. The van der Waals surface area contributed by atoms with E-state index in [1.165, 1.54) is 4.90 Å². The quantitative estimate of drug-likeness (QED) is 0.396. The first-order chi connectivity index (χ1) is 16.9. The average molecular weight is 606 g/mol. The normalized spacial score (nSPS) is 21.1. The van der Waals surface area contributed by atoms with E-state index in [4.69, 9.17) is 4.52 Å². The molecule has 2 amide bonds. The van der Waals surface area contributed by atoms with Gasteiger partial charge >= 0.3 is 0 Å². The molecule has 2 aromatic heterocycles. The molecular weight excluding hydrogens is 579 g/mol. The fraction of sp³-hybridized carbons (Fsp3) is 0.440. The van der Waals surface area contributed by atoms with Crippen LogP contribution in [0.2, 0.25) is 0 Å². The van der Waals surface area contributed by atoms with Gasteiger partial charge in [-0.15, -0.1) is 11.3 Å². The summed E-state index contributed by atoms with van der Waals surface area (Å²) in [5, 5.41) is 17.3. The van der Waals surface area contributed by atoms with Gasteiger partial charge in [-0.05, 0) is 59.4 Å². The largest absolute Gasteiger partial charge is 0.391 e. The van der Waals surface area contributed by atoms with E-state index in [2.05, 4.69) is 38.0 Å². The van der Waals surface area contributed by atoms with Crippen molar-refractivity contribution >= 4 is 45.7 Å². The molecule has 184 valence electrons. The fourth-order valence-corrected chi connectivity index (χ4v) is 6.10. The molecule has 3 aromatic rings. The zero-order valence-electron chi connectivity index (χ0n) is 19.3. The minimum Gasteiger partial charge on any atom is -0.391 e. The number of aromatic nitrogens is 2. The molecule has 0 bridgehead atoms. The Bertz CT molecular complexity index is 1210. The third-order valence-corrected chi connectivity index (χ3v) is 8.47. The standard InChI is InChI=1S/C25H27IN4O4S/c1-14-23(35-13-28-14)17-7-5-15(6-8-17)11-27-24(32)19-9-18(31)12-30(19)25(33)22(16-3-2-4-16)20-10-21(26)29-34-20/h5-8,10,13,16,18-19,22,31H,2-4,9,11-12H2,1H3,(H,27,32). The molecule has 1 aromatic carbocycles. The summed E-state index contributed by atoms with van der Waals surface area (Å²) in [5.41, 5.74) is 4.89. The molecule has 8 nitrogen and oxygen atoms in total. The van der Waals surface area contributed by atoms with E-state index in [-0.39, 0.29) is 30.7 Å². The van der Waals surface area contributed by atoms with E-state index in [1.54, 1.807) is 17.4 Å². The molecule has 1 aliphatic heterocycles. The van der Waals surface area contributed by atoms with Gasteiger partial charge in [0.1, 0.15) is 15.7 Å². The number of β-amino-alcohol motifs (C(OH)–C–C–N with tert-alkyl or cyclic N) is 1. The van der Waals surface area contributed by atoms with Crippen molar-refractivity contribution in [3.05, 3.63) is 56.6 Å². The maximum atomic E-state index is 13.6. The summed E-state index contributed by atoms with van der Waals surface area (Å²) in [6.45, 7) is 2.48. The minimum atomic E-state index is -0.728. The van der Waals surface area contributed by atoms with Crippen molar-refractivity contribution in [1.29, 1.82) is 0 Å². The number of benzene rings is 1. The van der Waals surface area contributed by atoms with Crippen LogP contribution in [0.5, 0.6) is 0 Å². The number of hydrogen-bond donors (Lipinski definition) is 2. The molecule has 35 heavy (non-hydrogen) atoms. The molecule has 2 fully saturated rings. The Morgan fingerprint density at radius 2 is 2.09 bits per heavy atom. The van der Waals surface area contributed by atoms with Crippen LogP contribution in [0.4, 0.5) is 0 Å². The number of aryl methyl sites for hydroxylation is 1. The van der Waals surface area contributed by atoms with E-state index in [9.17, 15) is 14.7 Å². The number of nitrogens with one attached hydrogen (secondary N) is 1. The Labute approximate surface area is 221 Å². The van der Waals surface area contributed by atoms with Gasteiger partial charge in [-0.2, -0.15) is 0 Å². The monoisotopic (exact) mass is 606 g/mol. The number of halogens is 1. The lowest BCUT2D eigenvalue weighted by Gasteiger charge is -2.35. The lowest BCUT2D eigenvalue weighted by atomic mass is 9.74. The topological polar surface area (TPSA) is 109 Å². The molecule has 3 atom stereocenters. The number of likely N-dealkylation sites (tertiary alicyclic amines) is 1. The summed E-state index contributed by atoms with van der Waals surface area (Å²) in [7, 11) is 0. The Kier molecular flexibility index (Phi) is 7.21. The SMILES string of the molecule is Cc1ncsc1-c1ccc(CNC(=O)C2CC(O)CN2C(=O)C(c2cc(I)no2)C2CCC2)cc1. The minimum absolute atomic E-state index is 0.147. The van der Waals surface area contributed by atoms with Gasteiger partial charge in [-0.25, -0.2) is 4.98 Å². The number of aliphatic hydroxyl groups excluding tert-OH is 1. The Morgan fingerprint density at radius 1 is 1.31 bits per heavy atom. The van der Waals surface area contributed by atoms with E-state index in [1.807, 2.05) is 36.7 Å². The summed E-state index contributed by atoms with van der Waals surface area (Å²) < 4.78 is 6.16. The van der Waals surface area contributed by atoms with Crippen LogP contribution >= 0.6 is 33.9 Å². The van der Waals surface area contributed by atoms with Gasteiger partial charge in [0.05, 0.1) is 22.2 Å². The van der Waals surface area contributed by atoms with Crippen molar-refractivity contribution in [1.82, 2.24) is 20.4 Å². The summed E-state index contributed by atoms with van der Waals surface area (Å²) in [5.74, 6) is -0.169. The summed E-state index contributed by atoms with van der Waals surface area (Å²) in [6.07, 6.45) is 2.46. The first-order valence-corrected chi connectivity index (χ1v) is 13.7. The molecule has 2 N–H and O–H groups in total. The lowest BCUT2D eigenvalue weighted by molar-refractivity contribution is -0.141. The molecule has 0 radical (unpaired) electrons. The predicted octanol–water partition coefficient (Wildman–Crippen LogP) is 3.87. The second-order valence-electron chi connectivity index (χ2n) is 9.30. The second kappa shape index (κ2) is 10.4. The molecule has 1 saturated carbocycles. The lowest BCUT2D eigenvalue weighted by Crippen LogP contribution is -2.48. The van der Waals surface area contributed by atoms with Crippen LogP contribution in [0.25, 0.3) is 10.4 Å². The molecule has 10 heteroatoms. The Morgan fingerprint density at radius 3 is 2.69 bits per heavy atom. The Hall–Kier alpha value is -2.31. The number of amides is 2. The molecular formula is C25H27IN4O4S. The number of rotatable bonds is 7. The van der Waals surface area contributed by atoms with Crippen molar-refractivity contribution in [3.63, 3.8) is 0 Å². The van der Waals surface area contributed by atoms with Crippen molar-refractivity contribution in [2.45, 2.75) is 57.2 Å². The van der Waals surface area contributed by atoms with Crippen LogP contribution in [0.3, 0.4) is 0 Å². The first-order valence-electron chi connectivity index (χ1n) is 11.8. The highest BCUT2D eigenvalue weighted by Crippen LogP contribution is 2.41.